The lowest BCUT2D eigenvalue weighted by Crippen LogP contribution is -2.05. The third-order valence-corrected chi connectivity index (χ3v) is 3.08. The second kappa shape index (κ2) is 5.36. The average molecular weight is 268 g/mol. The lowest BCUT2D eigenvalue weighted by atomic mass is 10.1. The summed E-state index contributed by atoms with van der Waals surface area (Å²) >= 11 is 5.90. The molecule has 0 saturated carbocycles. The molecule has 0 saturated heterocycles. The molecule has 0 atom stereocenters. The number of hydrogen-bond donors (Lipinski definition) is 1. The topological polar surface area (TPSA) is 12.0 Å². The first-order valence-electron chi connectivity index (χ1n) is 5.51. The van der Waals surface area contributed by atoms with Gasteiger partial charge in [-0.15, -0.1) is 0 Å². The van der Waals surface area contributed by atoms with Crippen molar-refractivity contribution in [1.82, 2.24) is 0 Å². The molecule has 0 aliphatic carbocycles. The van der Waals surface area contributed by atoms with Crippen LogP contribution >= 0.6 is 11.6 Å². The van der Waals surface area contributed by atoms with Crippen LogP contribution in [0.3, 0.4) is 0 Å². The third-order valence-electron chi connectivity index (χ3n) is 2.73. The molecule has 94 valence electrons. The summed E-state index contributed by atoms with van der Waals surface area (Å²) in [6.45, 7) is 1.93. The number of halogens is 3. The molecule has 0 aliphatic heterocycles. The van der Waals surface area contributed by atoms with Crippen LogP contribution in [0.5, 0.6) is 0 Å². The predicted octanol–water partition coefficient (Wildman–Crippen LogP) is 4.54. The second-order valence-electron chi connectivity index (χ2n) is 3.99. The van der Waals surface area contributed by atoms with Crippen LogP contribution in [0.4, 0.5) is 14.5 Å². The number of benzene rings is 2. The molecule has 0 heterocycles. The summed E-state index contributed by atoms with van der Waals surface area (Å²) in [7, 11) is 0. The molecule has 0 amide bonds. The number of nitrogens with one attached hydrogen (secondary N) is 1. The molecule has 2 aromatic carbocycles. The van der Waals surface area contributed by atoms with Gasteiger partial charge >= 0.3 is 0 Å². The van der Waals surface area contributed by atoms with Gasteiger partial charge in [0.05, 0.1) is 5.69 Å². The SMILES string of the molecule is Cc1cccc(F)c1NCc1c(F)cccc1Cl. The molecule has 2 aromatic rings. The first-order chi connectivity index (χ1) is 8.59. The van der Waals surface area contributed by atoms with Crippen molar-refractivity contribution in [3.05, 3.63) is 64.2 Å². The summed E-state index contributed by atoms with van der Waals surface area (Å²) in [4.78, 5) is 0. The molecule has 4 heteroatoms. The zero-order valence-corrected chi connectivity index (χ0v) is 10.6. The van der Waals surface area contributed by atoms with Gasteiger partial charge in [-0.1, -0.05) is 29.8 Å². The van der Waals surface area contributed by atoms with Crippen LogP contribution in [0.25, 0.3) is 0 Å². The summed E-state index contributed by atoms with van der Waals surface area (Å²) < 4.78 is 27.1. The van der Waals surface area contributed by atoms with Crippen molar-refractivity contribution in [2.45, 2.75) is 13.5 Å². The normalized spacial score (nSPS) is 10.4. The maximum absolute atomic E-state index is 13.6. The van der Waals surface area contributed by atoms with Gasteiger partial charge in [-0.05, 0) is 30.7 Å². The van der Waals surface area contributed by atoms with Gasteiger partial charge in [0.1, 0.15) is 11.6 Å². The molecule has 18 heavy (non-hydrogen) atoms. The van der Waals surface area contributed by atoms with E-state index in [1.807, 2.05) is 0 Å². The Balaban J connectivity index is 2.22. The van der Waals surface area contributed by atoms with Crippen LogP contribution in [0, 0.1) is 18.6 Å². The standard InChI is InChI=1S/C14H12ClF2N/c1-9-4-2-7-13(17)14(9)18-8-10-11(15)5-3-6-12(10)16/h2-7,18H,8H2,1H3. The fourth-order valence-corrected chi connectivity index (χ4v) is 1.96. The van der Waals surface area contributed by atoms with Gasteiger partial charge in [-0.25, -0.2) is 8.78 Å². The number of aryl methyl sites for hydroxylation is 1. The van der Waals surface area contributed by atoms with Gasteiger partial charge in [0.2, 0.25) is 0 Å². The van der Waals surface area contributed by atoms with Gasteiger partial charge in [-0.2, -0.15) is 0 Å². The Labute approximate surface area is 109 Å². The van der Waals surface area contributed by atoms with E-state index in [9.17, 15) is 8.78 Å². The molecule has 0 aromatic heterocycles. The largest absolute Gasteiger partial charge is 0.378 e. The summed E-state index contributed by atoms with van der Waals surface area (Å²) in [5, 5.41) is 3.21. The molecule has 1 N–H and O–H groups in total. The van der Waals surface area contributed by atoms with Crippen LogP contribution in [-0.2, 0) is 6.54 Å². The lowest BCUT2D eigenvalue weighted by Gasteiger charge is -2.12. The van der Waals surface area contributed by atoms with E-state index in [2.05, 4.69) is 5.32 Å². The molecule has 2 rings (SSSR count). The quantitative estimate of drug-likeness (QED) is 0.861. The fourth-order valence-electron chi connectivity index (χ4n) is 1.73. The summed E-state index contributed by atoms with van der Waals surface area (Å²) in [6, 6.07) is 9.25. The van der Waals surface area contributed by atoms with Gasteiger partial charge in [-0.3, -0.25) is 0 Å². The van der Waals surface area contributed by atoms with Crippen molar-refractivity contribution < 1.29 is 8.78 Å². The van der Waals surface area contributed by atoms with E-state index in [1.54, 1.807) is 25.1 Å². The summed E-state index contributed by atoms with van der Waals surface area (Å²) in [5.74, 6) is -0.758. The minimum atomic E-state index is -0.399. The molecule has 0 bridgehead atoms. The van der Waals surface area contributed by atoms with Gasteiger partial charge < -0.3 is 5.32 Å². The van der Waals surface area contributed by atoms with Crippen molar-refractivity contribution >= 4 is 17.3 Å². The van der Waals surface area contributed by atoms with E-state index in [1.165, 1.54) is 18.2 Å². The molecule has 1 nitrogen and oxygen atoms in total. The highest BCUT2D eigenvalue weighted by Crippen LogP contribution is 2.23. The van der Waals surface area contributed by atoms with Gasteiger partial charge in [0.25, 0.3) is 0 Å². The maximum atomic E-state index is 13.6. The highest BCUT2D eigenvalue weighted by atomic mass is 35.5. The molecular weight excluding hydrogens is 256 g/mol. The van der Waals surface area contributed by atoms with Gasteiger partial charge in [0, 0.05) is 17.1 Å². The van der Waals surface area contributed by atoms with Crippen molar-refractivity contribution in [1.29, 1.82) is 0 Å². The van der Waals surface area contributed by atoms with Gasteiger partial charge in [0.15, 0.2) is 0 Å². The Kier molecular flexibility index (Phi) is 3.82. The molecule has 0 unspecified atom stereocenters. The van der Waals surface area contributed by atoms with E-state index in [-0.39, 0.29) is 12.4 Å². The number of rotatable bonds is 3. The molecule has 0 spiro atoms. The Morgan fingerprint density at radius 3 is 2.39 bits per heavy atom. The Morgan fingerprint density at radius 1 is 1.06 bits per heavy atom. The molecule has 0 radical (unpaired) electrons. The van der Waals surface area contributed by atoms with Crippen LogP contribution in [0.1, 0.15) is 11.1 Å². The predicted molar refractivity (Wildman–Crippen MR) is 69.9 cm³/mol. The molecular formula is C14H12ClF2N. The Bertz CT molecular complexity index is 478. The summed E-state index contributed by atoms with van der Waals surface area (Å²) in [6.07, 6.45) is 0. The fraction of sp³-hybridized carbons (Fsp3) is 0.143. The van der Waals surface area contributed by atoms with E-state index < -0.39 is 5.82 Å². The number of para-hydroxylation sites is 1. The average Bonchev–Trinajstić information content (AvgIpc) is 2.31. The van der Waals surface area contributed by atoms with E-state index in [0.29, 0.717) is 16.3 Å². The van der Waals surface area contributed by atoms with E-state index in [0.717, 1.165) is 5.56 Å². The number of hydrogen-bond acceptors (Lipinski definition) is 1. The highest BCUT2D eigenvalue weighted by Gasteiger charge is 2.09. The molecule has 0 fully saturated rings. The van der Waals surface area contributed by atoms with Crippen molar-refractivity contribution in [2.24, 2.45) is 0 Å². The zero-order chi connectivity index (χ0) is 13.1. The first-order valence-corrected chi connectivity index (χ1v) is 5.89. The van der Waals surface area contributed by atoms with Crippen molar-refractivity contribution in [3.63, 3.8) is 0 Å². The minimum Gasteiger partial charge on any atom is -0.378 e. The highest BCUT2D eigenvalue weighted by molar-refractivity contribution is 6.31. The smallest absolute Gasteiger partial charge is 0.146 e. The summed E-state index contributed by atoms with van der Waals surface area (Å²) in [5.41, 5.74) is 1.47. The van der Waals surface area contributed by atoms with Crippen LogP contribution < -0.4 is 5.32 Å². The molecule has 0 aliphatic rings. The van der Waals surface area contributed by atoms with E-state index >= 15 is 0 Å². The van der Waals surface area contributed by atoms with Crippen LogP contribution in [-0.4, -0.2) is 0 Å². The maximum Gasteiger partial charge on any atom is 0.146 e. The zero-order valence-electron chi connectivity index (χ0n) is 9.81. The van der Waals surface area contributed by atoms with Crippen LogP contribution in [0.15, 0.2) is 36.4 Å². The Morgan fingerprint density at radius 2 is 1.72 bits per heavy atom. The number of anilines is 1. The minimum absolute atomic E-state index is 0.146. The van der Waals surface area contributed by atoms with Crippen molar-refractivity contribution in [3.8, 4) is 0 Å². The second-order valence-corrected chi connectivity index (χ2v) is 4.39. The first kappa shape index (κ1) is 12.8. The van der Waals surface area contributed by atoms with Crippen LogP contribution in [0.2, 0.25) is 5.02 Å². The monoisotopic (exact) mass is 267 g/mol. The van der Waals surface area contributed by atoms with Crippen molar-refractivity contribution in [2.75, 3.05) is 5.32 Å². The van der Waals surface area contributed by atoms with E-state index in [4.69, 9.17) is 11.6 Å². The third kappa shape index (κ3) is 2.62. The Hall–Kier alpha value is -1.61. The lowest BCUT2D eigenvalue weighted by molar-refractivity contribution is 0.610.